The normalized spacial score (nSPS) is 10.4. The molecular weight excluding hydrogens is 296 g/mol. The van der Waals surface area contributed by atoms with Crippen molar-refractivity contribution >= 4 is 17.2 Å². The van der Waals surface area contributed by atoms with Gasteiger partial charge in [0.1, 0.15) is 5.01 Å². The van der Waals surface area contributed by atoms with Gasteiger partial charge in [-0.3, -0.25) is 14.8 Å². The molecule has 0 aliphatic rings. The molecule has 0 atom stereocenters. The van der Waals surface area contributed by atoms with Crippen LogP contribution >= 0.6 is 11.3 Å². The molecule has 3 heterocycles. The van der Waals surface area contributed by atoms with E-state index in [9.17, 15) is 4.79 Å². The van der Waals surface area contributed by atoms with Crippen LogP contribution in [0.4, 0.5) is 0 Å². The summed E-state index contributed by atoms with van der Waals surface area (Å²) in [6, 6.07) is 7.37. The summed E-state index contributed by atoms with van der Waals surface area (Å²) in [5.74, 6) is -0.115. The van der Waals surface area contributed by atoms with E-state index in [1.165, 1.54) is 0 Å². The van der Waals surface area contributed by atoms with Gasteiger partial charge in [-0.2, -0.15) is 0 Å². The number of hydrogen-bond donors (Lipinski definition) is 1. The topological polar surface area (TPSA) is 67.8 Å². The van der Waals surface area contributed by atoms with Gasteiger partial charge >= 0.3 is 0 Å². The van der Waals surface area contributed by atoms with Gasteiger partial charge in [0.25, 0.3) is 5.91 Å². The van der Waals surface area contributed by atoms with Gasteiger partial charge in [-0.15, -0.1) is 11.3 Å². The molecule has 3 rings (SSSR count). The van der Waals surface area contributed by atoms with Crippen molar-refractivity contribution in [3.8, 4) is 10.6 Å². The smallest absolute Gasteiger partial charge is 0.252 e. The number of thiazole rings is 1. The first-order chi connectivity index (χ1) is 10.8. The molecule has 6 heteroatoms. The van der Waals surface area contributed by atoms with Crippen molar-refractivity contribution in [1.82, 2.24) is 20.3 Å². The lowest BCUT2D eigenvalue weighted by atomic mass is 10.2. The van der Waals surface area contributed by atoms with E-state index < -0.39 is 0 Å². The number of nitrogens with one attached hydrogen (secondary N) is 1. The van der Waals surface area contributed by atoms with Gasteiger partial charge in [-0.05, 0) is 24.3 Å². The third-order valence-corrected chi connectivity index (χ3v) is 3.99. The van der Waals surface area contributed by atoms with Gasteiger partial charge < -0.3 is 5.32 Å². The minimum Gasteiger partial charge on any atom is -0.352 e. The van der Waals surface area contributed by atoms with Crippen LogP contribution in [0.5, 0.6) is 0 Å². The first-order valence-electron chi connectivity index (χ1n) is 6.86. The molecule has 0 unspecified atom stereocenters. The fourth-order valence-electron chi connectivity index (χ4n) is 1.95. The number of carbonyl (C=O) groups is 1. The van der Waals surface area contributed by atoms with Crippen LogP contribution in [0.3, 0.4) is 0 Å². The van der Waals surface area contributed by atoms with E-state index in [0.29, 0.717) is 18.5 Å². The Labute approximate surface area is 132 Å². The van der Waals surface area contributed by atoms with Crippen molar-refractivity contribution in [3.05, 3.63) is 65.7 Å². The Morgan fingerprint density at radius 1 is 1.14 bits per heavy atom. The summed E-state index contributed by atoms with van der Waals surface area (Å²) >= 11 is 1.58. The van der Waals surface area contributed by atoms with E-state index in [4.69, 9.17) is 0 Å². The van der Waals surface area contributed by atoms with Gasteiger partial charge in [-0.25, -0.2) is 4.98 Å². The number of pyridine rings is 2. The van der Waals surface area contributed by atoms with E-state index in [1.807, 2.05) is 17.5 Å². The van der Waals surface area contributed by atoms with Crippen LogP contribution in [0.25, 0.3) is 10.6 Å². The lowest BCUT2D eigenvalue weighted by Crippen LogP contribution is -2.25. The molecule has 0 spiro atoms. The highest BCUT2D eigenvalue weighted by Crippen LogP contribution is 2.22. The summed E-state index contributed by atoms with van der Waals surface area (Å²) < 4.78 is 0. The summed E-state index contributed by atoms with van der Waals surface area (Å²) in [7, 11) is 0. The molecule has 0 radical (unpaired) electrons. The average molecular weight is 310 g/mol. The van der Waals surface area contributed by atoms with Crippen molar-refractivity contribution in [2.24, 2.45) is 0 Å². The predicted molar refractivity (Wildman–Crippen MR) is 85.6 cm³/mol. The summed E-state index contributed by atoms with van der Waals surface area (Å²) in [5, 5.41) is 5.83. The molecule has 0 saturated heterocycles. The Morgan fingerprint density at radius 2 is 1.95 bits per heavy atom. The molecule has 0 fully saturated rings. The molecule has 110 valence electrons. The molecule has 1 amide bonds. The molecule has 0 aliphatic carbocycles. The minimum absolute atomic E-state index is 0.115. The highest BCUT2D eigenvalue weighted by molar-refractivity contribution is 7.13. The van der Waals surface area contributed by atoms with Crippen LogP contribution in [-0.4, -0.2) is 27.4 Å². The Morgan fingerprint density at radius 3 is 2.68 bits per heavy atom. The fraction of sp³-hybridized carbons (Fsp3) is 0.125. The van der Waals surface area contributed by atoms with E-state index in [1.54, 1.807) is 48.3 Å². The zero-order valence-electron chi connectivity index (χ0n) is 11.8. The van der Waals surface area contributed by atoms with Crippen molar-refractivity contribution in [2.45, 2.75) is 6.42 Å². The average Bonchev–Trinajstić information content (AvgIpc) is 3.05. The zero-order valence-corrected chi connectivity index (χ0v) is 12.6. The maximum absolute atomic E-state index is 11.9. The molecule has 0 bridgehead atoms. The van der Waals surface area contributed by atoms with Gasteiger partial charge in [0.2, 0.25) is 0 Å². The summed E-state index contributed by atoms with van der Waals surface area (Å²) in [4.78, 5) is 24.5. The Bertz CT molecular complexity index is 743. The van der Waals surface area contributed by atoms with Gasteiger partial charge in [0, 0.05) is 48.7 Å². The number of nitrogens with zero attached hydrogens (tertiary/aromatic N) is 3. The van der Waals surface area contributed by atoms with E-state index in [0.717, 1.165) is 16.3 Å². The highest BCUT2D eigenvalue weighted by atomic mass is 32.1. The third kappa shape index (κ3) is 3.53. The lowest BCUT2D eigenvalue weighted by Gasteiger charge is -2.03. The van der Waals surface area contributed by atoms with Gasteiger partial charge in [0.05, 0.1) is 11.3 Å². The molecule has 22 heavy (non-hydrogen) atoms. The molecule has 5 nitrogen and oxygen atoms in total. The van der Waals surface area contributed by atoms with Gasteiger partial charge in [-0.1, -0.05) is 0 Å². The van der Waals surface area contributed by atoms with Crippen LogP contribution in [0.15, 0.2) is 54.4 Å². The lowest BCUT2D eigenvalue weighted by molar-refractivity contribution is 0.0953. The van der Waals surface area contributed by atoms with Crippen molar-refractivity contribution in [2.75, 3.05) is 6.54 Å². The number of rotatable bonds is 5. The second-order valence-corrected chi connectivity index (χ2v) is 5.49. The molecular formula is C16H14N4OS. The number of hydrogen-bond acceptors (Lipinski definition) is 5. The first-order valence-corrected chi connectivity index (χ1v) is 7.74. The minimum atomic E-state index is -0.115. The number of aromatic nitrogens is 3. The summed E-state index contributed by atoms with van der Waals surface area (Å²) in [5.41, 5.74) is 2.55. The second-order valence-electron chi connectivity index (χ2n) is 4.63. The van der Waals surface area contributed by atoms with Crippen LogP contribution in [0.1, 0.15) is 16.1 Å². The fourth-order valence-corrected chi connectivity index (χ4v) is 2.79. The molecule has 0 saturated carbocycles. The quantitative estimate of drug-likeness (QED) is 0.786. The van der Waals surface area contributed by atoms with Crippen molar-refractivity contribution in [3.63, 3.8) is 0 Å². The maximum atomic E-state index is 11.9. The monoisotopic (exact) mass is 310 g/mol. The molecule has 0 aliphatic heterocycles. The van der Waals surface area contributed by atoms with Gasteiger partial charge in [0.15, 0.2) is 0 Å². The van der Waals surface area contributed by atoms with Crippen LogP contribution in [0.2, 0.25) is 0 Å². The molecule has 3 aromatic rings. The SMILES string of the molecule is O=C(NCCc1csc(-c2cccnc2)n1)c1cccnc1. The zero-order chi connectivity index (χ0) is 15.2. The largest absolute Gasteiger partial charge is 0.352 e. The Balaban J connectivity index is 1.55. The molecule has 0 aromatic carbocycles. The van der Waals surface area contributed by atoms with Crippen LogP contribution < -0.4 is 5.32 Å². The number of amides is 1. The van der Waals surface area contributed by atoms with Crippen LogP contribution in [-0.2, 0) is 6.42 Å². The number of carbonyl (C=O) groups excluding carboxylic acids is 1. The van der Waals surface area contributed by atoms with Crippen molar-refractivity contribution < 1.29 is 4.79 Å². The second kappa shape index (κ2) is 6.91. The van der Waals surface area contributed by atoms with Crippen LogP contribution in [0, 0.1) is 0 Å². The molecule has 1 N–H and O–H groups in total. The Kier molecular flexibility index (Phi) is 4.50. The summed E-state index contributed by atoms with van der Waals surface area (Å²) in [6.45, 7) is 0.546. The maximum Gasteiger partial charge on any atom is 0.252 e. The molecule has 3 aromatic heterocycles. The summed E-state index contributed by atoms with van der Waals surface area (Å²) in [6.07, 6.45) is 7.44. The third-order valence-electron chi connectivity index (χ3n) is 3.05. The Hall–Kier alpha value is -2.60. The first kappa shape index (κ1) is 14.3. The predicted octanol–water partition coefficient (Wildman–Crippen LogP) is 2.57. The highest BCUT2D eigenvalue weighted by Gasteiger charge is 2.07. The van der Waals surface area contributed by atoms with Crippen molar-refractivity contribution in [1.29, 1.82) is 0 Å². The van der Waals surface area contributed by atoms with E-state index in [2.05, 4.69) is 20.3 Å². The standard InChI is InChI=1S/C16H14N4OS/c21-15(12-3-1-6-17-9-12)19-8-5-14-11-22-16(20-14)13-4-2-7-18-10-13/h1-4,6-7,9-11H,5,8H2,(H,19,21). The van der Waals surface area contributed by atoms with E-state index in [-0.39, 0.29) is 5.91 Å². The van der Waals surface area contributed by atoms with E-state index >= 15 is 0 Å².